The highest BCUT2D eigenvalue weighted by Crippen LogP contribution is 2.39. The fourth-order valence-electron chi connectivity index (χ4n) is 6.76. The lowest BCUT2D eigenvalue weighted by Crippen LogP contribution is -2.39. The fraction of sp³-hybridized carbons (Fsp3) is 0.196. The lowest BCUT2D eigenvalue weighted by Gasteiger charge is -2.38. The third kappa shape index (κ3) is 9.29. The molecule has 2 N–H and O–H groups in total. The lowest BCUT2D eigenvalue weighted by atomic mass is 9.98. The molecule has 0 spiro atoms. The molecule has 0 aliphatic carbocycles. The molecule has 0 bridgehead atoms. The predicted octanol–water partition coefficient (Wildman–Crippen LogP) is 9.02. The number of carbonyl (C=O) groups is 1. The number of amides is 1. The van der Waals surface area contributed by atoms with E-state index in [0.717, 1.165) is 53.0 Å². The smallest absolute Gasteiger partial charge is 0.251 e. The Bertz CT molecular complexity index is 1960. The van der Waals surface area contributed by atoms with Crippen LogP contribution >= 0.6 is 0 Å². The quantitative estimate of drug-likeness (QED) is 0.127. The minimum absolute atomic E-state index is 0.00563. The minimum Gasteiger partial charge on any atom is -0.392 e. The second-order valence-corrected chi connectivity index (χ2v) is 13.4. The number of carbonyl (C=O) groups excluding carboxylic acids is 1. The van der Waals surface area contributed by atoms with Crippen molar-refractivity contribution < 1.29 is 19.4 Å². The maximum atomic E-state index is 12.6. The molecule has 0 saturated carbocycles. The van der Waals surface area contributed by atoms with E-state index in [9.17, 15) is 9.90 Å². The monoisotopic (exact) mass is 688 g/mol. The average molecular weight is 689 g/mol. The van der Waals surface area contributed by atoms with E-state index >= 15 is 0 Å². The van der Waals surface area contributed by atoms with Crippen molar-refractivity contribution in [3.63, 3.8) is 0 Å². The third-order valence-electron chi connectivity index (χ3n) is 9.51. The topological polar surface area (TPSA) is 71.0 Å². The number of rotatable bonds is 13. The van der Waals surface area contributed by atoms with Gasteiger partial charge in [-0.1, -0.05) is 146 Å². The summed E-state index contributed by atoms with van der Waals surface area (Å²) in [6.45, 7) is 2.80. The highest BCUT2D eigenvalue weighted by molar-refractivity contribution is 5.94. The van der Waals surface area contributed by atoms with Crippen LogP contribution in [0.15, 0.2) is 164 Å². The van der Waals surface area contributed by atoms with Crippen LogP contribution in [0, 0.1) is 0 Å². The standard InChI is InChI=1S/C46H44N2O4/c49-33-36-19-21-39(22-20-36)44-28-43(32-48(30-34-11-4-1-5-12-34)31-35-13-6-2-7-14-35)51-46(52-44)41-25-23-38(24-26-41)42-18-10-15-37(27-42)29-47-45(50)40-16-8-3-9-17-40/h1-27,43-44,46,49H,28-33H2,(H,47,50)/t43-,44+,46+/m1/s1. The highest BCUT2D eigenvalue weighted by atomic mass is 16.7. The van der Waals surface area contributed by atoms with Crippen LogP contribution in [0.1, 0.15) is 62.6 Å². The van der Waals surface area contributed by atoms with E-state index < -0.39 is 6.29 Å². The molecule has 6 aromatic rings. The molecule has 262 valence electrons. The first-order chi connectivity index (χ1) is 25.6. The lowest BCUT2D eigenvalue weighted by molar-refractivity contribution is -0.253. The molecule has 52 heavy (non-hydrogen) atoms. The number of aliphatic hydroxyl groups excluding tert-OH is 1. The molecule has 0 aromatic heterocycles. The summed E-state index contributed by atoms with van der Waals surface area (Å²) in [6.07, 6.45) is -0.101. The summed E-state index contributed by atoms with van der Waals surface area (Å²) in [5.74, 6) is -0.0907. The molecule has 0 radical (unpaired) electrons. The van der Waals surface area contributed by atoms with Crippen LogP contribution in [-0.2, 0) is 35.7 Å². The van der Waals surface area contributed by atoms with Gasteiger partial charge in [0.25, 0.3) is 5.91 Å². The van der Waals surface area contributed by atoms with Gasteiger partial charge in [-0.25, -0.2) is 0 Å². The normalized spacial score (nSPS) is 17.2. The maximum absolute atomic E-state index is 12.6. The highest BCUT2D eigenvalue weighted by Gasteiger charge is 2.33. The van der Waals surface area contributed by atoms with Crippen molar-refractivity contribution in [3.8, 4) is 11.1 Å². The molecule has 0 unspecified atom stereocenters. The Morgan fingerprint density at radius 3 is 1.85 bits per heavy atom. The number of aliphatic hydroxyl groups is 1. The summed E-state index contributed by atoms with van der Waals surface area (Å²) < 4.78 is 13.5. The summed E-state index contributed by atoms with van der Waals surface area (Å²) in [6, 6.07) is 55.1. The maximum Gasteiger partial charge on any atom is 0.251 e. The van der Waals surface area contributed by atoms with Gasteiger partial charge in [0.15, 0.2) is 6.29 Å². The Hall–Kier alpha value is -5.37. The summed E-state index contributed by atoms with van der Waals surface area (Å²) in [4.78, 5) is 15.1. The van der Waals surface area contributed by atoms with E-state index in [1.165, 1.54) is 11.1 Å². The van der Waals surface area contributed by atoms with Gasteiger partial charge in [-0.05, 0) is 57.1 Å². The first-order valence-electron chi connectivity index (χ1n) is 17.9. The Kier molecular flexibility index (Phi) is 11.6. The van der Waals surface area contributed by atoms with E-state index in [2.05, 4.69) is 119 Å². The first-order valence-corrected chi connectivity index (χ1v) is 17.9. The van der Waals surface area contributed by atoms with Crippen molar-refractivity contribution in [3.05, 3.63) is 203 Å². The van der Waals surface area contributed by atoms with Crippen molar-refractivity contribution in [2.24, 2.45) is 0 Å². The molecule has 6 heteroatoms. The van der Waals surface area contributed by atoms with Gasteiger partial charge in [0, 0.05) is 43.7 Å². The van der Waals surface area contributed by atoms with Crippen LogP contribution in [0.2, 0.25) is 0 Å². The van der Waals surface area contributed by atoms with Crippen LogP contribution < -0.4 is 5.32 Å². The largest absolute Gasteiger partial charge is 0.392 e. The zero-order chi connectivity index (χ0) is 35.5. The van der Waals surface area contributed by atoms with Crippen LogP contribution in [0.3, 0.4) is 0 Å². The number of nitrogens with one attached hydrogen (secondary N) is 1. The Labute approximate surface area is 306 Å². The molecule has 7 rings (SSSR count). The molecule has 1 aliphatic rings. The van der Waals surface area contributed by atoms with Crippen molar-refractivity contribution in [1.82, 2.24) is 10.2 Å². The molecule has 3 atom stereocenters. The van der Waals surface area contributed by atoms with Crippen molar-refractivity contribution in [2.45, 2.75) is 51.2 Å². The molecule has 1 saturated heterocycles. The van der Waals surface area contributed by atoms with Gasteiger partial charge in [-0.15, -0.1) is 0 Å². The van der Waals surface area contributed by atoms with E-state index in [-0.39, 0.29) is 24.7 Å². The first kappa shape index (κ1) is 35.1. The van der Waals surface area contributed by atoms with Crippen LogP contribution in [0.4, 0.5) is 0 Å². The van der Waals surface area contributed by atoms with Crippen LogP contribution in [0.5, 0.6) is 0 Å². The van der Waals surface area contributed by atoms with Gasteiger partial charge >= 0.3 is 0 Å². The summed E-state index contributed by atoms with van der Waals surface area (Å²) in [5.41, 5.74) is 9.23. The number of hydrogen-bond acceptors (Lipinski definition) is 5. The molecule has 1 heterocycles. The van der Waals surface area contributed by atoms with Gasteiger partial charge < -0.3 is 19.9 Å². The zero-order valence-electron chi connectivity index (χ0n) is 29.2. The third-order valence-corrected chi connectivity index (χ3v) is 9.51. The van der Waals surface area contributed by atoms with Gasteiger partial charge in [-0.3, -0.25) is 9.69 Å². The van der Waals surface area contributed by atoms with Gasteiger partial charge in [0.1, 0.15) is 0 Å². The molecule has 1 fully saturated rings. The summed E-state index contributed by atoms with van der Waals surface area (Å²) in [5, 5.41) is 12.7. The van der Waals surface area contributed by atoms with E-state index in [0.29, 0.717) is 18.5 Å². The van der Waals surface area contributed by atoms with E-state index in [1.807, 2.05) is 54.6 Å². The van der Waals surface area contributed by atoms with Crippen molar-refractivity contribution >= 4 is 5.91 Å². The van der Waals surface area contributed by atoms with Gasteiger partial charge in [-0.2, -0.15) is 0 Å². The number of nitrogens with zero attached hydrogens (tertiary/aromatic N) is 1. The minimum atomic E-state index is -0.551. The second-order valence-electron chi connectivity index (χ2n) is 13.4. The van der Waals surface area contributed by atoms with Crippen LogP contribution in [0.25, 0.3) is 11.1 Å². The SMILES string of the molecule is O=C(NCc1cccc(-c2ccc([C@H]3O[C@@H](CN(Cc4ccccc4)Cc4ccccc4)C[C@@H](c4ccc(CO)cc4)O3)cc2)c1)c1ccccc1. The Morgan fingerprint density at radius 1 is 0.615 bits per heavy atom. The van der Waals surface area contributed by atoms with E-state index in [4.69, 9.17) is 9.47 Å². The fourth-order valence-corrected chi connectivity index (χ4v) is 6.76. The van der Waals surface area contributed by atoms with E-state index in [1.54, 1.807) is 0 Å². The average Bonchev–Trinajstić information content (AvgIpc) is 3.21. The molecule has 1 aliphatic heterocycles. The molecular weight excluding hydrogens is 645 g/mol. The van der Waals surface area contributed by atoms with Gasteiger partial charge in [0.2, 0.25) is 0 Å². The van der Waals surface area contributed by atoms with Crippen LogP contribution in [-0.4, -0.2) is 28.6 Å². The number of hydrogen-bond donors (Lipinski definition) is 2. The predicted molar refractivity (Wildman–Crippen MR) is 205 cm³/mol. The Morgan fingerprint density at radius 2 is 1.21 bits per heavy atom. The molecule has 6 nitrogen and oxygen atoms in total. The number of ether oxygens (including phenoxy) is 2. The van der Waals surface area contributed by atoms with Crippen molar-refractivity contribution in [1.29, 1.82) is 0 Å². The second kappa shape index (κ2) is 17.2. The molecule has 6 aromatic carbocycles. The molecule has 1 amide bonds. The van der Waals surface area contributed by atoms with Crippen molar-refractivity contribution in [2.75, 3.05) is 6.54 Å². The molecular formula is C46H44N2O4. The van der Waals surface area contributed by atoms with Gasteiger partial charge in [0.05, 0.1) is 18.8 Å². The summed E-state index contributed by atoms with van der Waals surface area (Å²) in [7, 11) is 0. The number of benzene rings is 6. The zero-order valence-corrected chi connectivity index (χ0v) is 29.2. The Balaban J connectivity index is 1.09. The summed E-state index contributed by atoms with van der Waals surface area (Å²) >= 11 is 0.